The number of urea groups is 1. The summed E-state index contributed by atoms with van der Waals surface area (Å²) in [6, 6.07) is 3.52. The molecule has 0 unspecified atom stereocenters. The average Bonchev–Trinajstić information content (AvgIpc) is 3.03. The quantitative estimate of drug-likeness (QED) is 0.856. The highest BCUT2D eigenvalue weighted by atomic mass is 35.5. The molecule has 4 amide bonds. The molecular formula is C16H18ClFN4O3. The first-order valence-electron chi connectivity index (χ1n) is 8.00. The maximum Gasteiger partial charge on any atom is 0.324 e. The molecule has 0 bridgehead atoms. The van der Waals surface area contributed by atoms with E-state index in [9.17, 15) is 18.8 Å². The second-order valence-corrected chi connectivity index (χ2v) is 6.41. The van der Waals surface area contributed by atoms with Gasteiger partial charge in [0.1, 0.15) is 5.82 Å². The molecule has 1 aromatic carbocycles. The van der Waals surface area contributed by atoms with Crippen molar-refractivity contribution in [1.29, 1.82) is 0 Å². The molecule has 2 fully saturated rings. The number of piperazine rings is 1. The number of carbonyl (C=O) groups excluding carboxylic acids is 3. The number of rotatable bonds is 3. The molecule has 2 aliphatic heterocycles. The Balaban J connectivity index is 1.55. The number of nitrogens with zero attached hydrogens (tertiary/aromatic N) is 3. The lowest BCUT2D eigenvalue weighted by Gasteiger charge is -2.34. The van der Waals surface area contributed by atoms with Crippen molar-refractivity contribution in [3.63, 3.8) is 0 Å². The maximum absolute atomic E-state index is 13.8. The molecule has 2 saturated heterocycles. The van der Waals surface area contributed by atoms with E-state index in [0.717, 1.165) is 0 Å². The van der Waals surface area contributed by atoms with Crippen LogP contribution in [-0.4, -0.2) is 78.4 Å². The Kier molecular flexibility index (Phi) is 5.19. The van der Waals surface area contributed by atoms with Gasteiger partial charge in [0, 0.05) is 44.3 Å². The van der Waals surface area contributed by atoms with Gasteiger partial charge in [0.2, 0.25) is 5.91 Å². The first-order chi connectivity index (χ1) is 12.0. The van der Waals surface area contributed by atoms with Gasteiger partial charge in [0.15, 0.2) is 0 Å². The maximum atomic E-state index is 13.8. The third-order valence-corrected chi connectivity index (χ3v) is 4.57. The average molecular weight is 369 g/mol. The van der Waals surface area contributed by atoms with Gasteiger partial charge in [-0.25, -0.2) is 9.18 Å². The lowest BCUT2D eigenvalue weighted by Crippen LogP contribution is -2.52. The summed E-state index contributed by atoms with van der Waals surface area (Å²) in [7, 11) is 0. The summed E-state index contributed by atoms with van der Waals surface area (Å²) >= 11 is 5.83. The summed E-state index contributed by atoms with van der Waals surface area (Å²) < 4.78 is 13.8. The summed E-state index contributed by atoms with van der Waals surface area (Å²) in [5, 5.41) is 2.89. The predicted molar refractivity (Wildman–Crippen MR) is 88.9 cm³/mol. The smallest absolute Gasteiger partial charge is 0.324 e. The number of benzene rings is 1. The van der Waals surface area contributed by atoms with E-state index in [1.54, 1.807) is 0 Å². The highest BCUT2D eigenvalue weighted by Gasteiger charge is 2.29. The van der Waals surface area contributed by atoms with Crippen molar-refractivity contribution in [3.8, 4) is 0 Å². The number of amides is 4. The van der Waals surface area contributed by atoms with Gasteiger partial charge in [-0.05, 0) is 18.2 Å². The molecule has 1 N–H and O–H groups in total. The lowest BCUT2D eigenvalue weighted by atomic mass is 10.1. The van der Waals surface area contributed by atoms with Gasteiger partial charge in [0.25, 0.3) is 5.91 Å². The fourth-order valence-electron chi connectivity index (χ4n) is 2.93. The van der Waals surface area contributed by atoms with Crippen molar-refractivity contribution in [1.82, 2.24) is 20.0 Å². The molecule has 2 heterocycles. The van der Waals surface area contributed by atoms with E-state index < -0.39 is 11.7 Å². The fraction of sp³-hybridized carbons (Fsp3) is 0.438. The first-order valence-corrected chi connectivity index (χ1v) is 8.38. The van der Waals surface area contributed by atoms with Crippen molar-refractivity contribution in [3.05, 3.63) is 34.6 Å². The van der Waals surface area contributed by atoms with Crippen LogP contribution in [0.25, 0.3) is 0 Å². The van der Waals surface area contributed by atoms with Crippen LogP contribution in [0, 0.1) is 5.82 Å². The summed E-state index contributed by atoms with van der Waals surface area (Å²) in [6.45, 7) is 2.70. The van der Waals surface area contributed by atoms with E-state index in [2.05, 4.69) is 5.32 Å². The Morgan fingerprint density at radius 1 is 1.16 bits per heavy atom. The summed E-state index contributed by atoms with van der Waals surface area (Å²) in [6.07, 6.45) is 0. The van der Waals surface area contributed by atoms with E-state index >= 15 is 0 Å². The second kappa shape index (κ2) is 7.37. The molecule has 0 spiro atoms. The molecule has 1 aromatic rings. The van der Waals surface area contributed by atoms with Crippen LogP contribution in [-0.2, 0) is 4.79 Å². The molecule has 0 radical (unpaired) electrons. The van der Waals surface area contributed by atoms with Crippen molar-refractivity contribution >= 4 is 29.4 Å². The van der Waals surface area contributed by atoms with Crippen LogP contribution in [0.4, 0.5) is 9.18 Å². The minimum absolute atomic E-state index is 0.0502. The third-order valence-electron chi connectivity index (χ3n) is 4.34. The Morgan fingerprint density at radius 3 is 2.52 bits per heavy atom. The molecule has 9 heteroatoms. The first kappa shape index (κ1) is 17.6. The van der Waals surface area contributed by atoms with Crippen molar-refractivity contribution in [2.45, 2.75) is 0 Å². The molecule has 0 aromatic heterocycles. The van der Waals surface area contributed by atoms with Crippen molar-refractivity contribution in [2.24, 2.45) is 0 Å². The van der Waals surface area contributed by atoms with Crippen LogP contribution < -0.4 is 5.32 Å². The van der Waals surface area contributed by atoms with Crippen LogP contribution in [0.1, 0.15) is 10.4 Å². The van der Waals surface area contributed by atoms with E-state index in [0.29, 0.717) is 44.3 Å². The normalized spacial score (nSPS) is 18.4. The van der Waals surface area contributed by atoms with Crippen molar-refractivity contribution < 1.29 is 18.8 Å². The zero-order chi connectivity index (χ0) is 18.0. The number of carbonyl (C=O) groups is 3. The molecule has 0 atom stereocenters. The zero-order valence-corrected chi connectivity index (χ0v) is 14.3. The Bertz CT molecular complexity index is 707. The molecule has 3 rings (SSSR count). The number of hydrogen-bond donors (Lipinski definition) is 1. The number of imide groups is 1. The van der Waals surface area contributed by atoms with E-state index in [1.807, 2.05) is 4.90 Å². The summed E-state index contributed by atoms with van der Waals surface area (Å²) in [4.78, 5) is 40.7. The van der Waals surface area contributed by atoms with Gasteiger partial charge >= 0.3 is 6.03 Å². The Labute approximate surface area is 149 Å². The molecular weight excluding hydrogens is 351 g/mol. The van der Waals surface area contributed by atoms with E-state index in [-0.39, 0.29) is 24.0 Å². The minimum Gasteiger partial charge on any atom is -0.336 e. The standard InChI is InChI=1S/C16H18ClFN4O3/c17-11-1-2-13(18)12(9-11)15(24)21-7-5-20(6-8-21)10-14(23)22-4-3-19-16(22)25/h1-2,9H,3-8,10H2,(H,19,25). The van der Waals surface area contributed by atoms with Gasteiger partial charge in [-0.15, -0.1) is 0 Å². The van der Waals surface area contributed by atoms with Crippen LogP contribution >= 0.6 is 11.6 Å². The number of hydrogen-bond acceptors (Lipinski definition) is 4. The van der Waals surface area contributed by atoms with Gasteiger partial charge in [0.05, 0.1) is 12.1 Å². The van der Waals surface area contributed by atoms with Crippen LogP contribution in [0.5, 0.6) is 0 Å². The van der Waals surface area contributed by atoms with Crippen LogP contribution in [0.3, 0.4) is 0 Å². The summed E-state index contributed by atoms with van der Waals surface area (Å²) in [5.41, 5.74) is -0.0502. The molecule has 7 nitrogen and oxygen atoms in total. The fourth-order valence-corrected chi connectivity index (χ4v) is 3.10. The van der Waals surface area contributed by atoms with E-state index in [1.165, 1.54) is 28.0 Å². The Hall–Kier alpha value is -2.19. The topological polar surface area (TPSA) is 73.0 Å². The summed E-state index contributed by atoms with van der Waals surface area (Å²) in [5.74, 6) is -1.27. The monoisotopic (exact) mass is 368 g/mol. The van der Waals surface area contributed by atoms with Gasteiger partial charge in [-0.1, -0.05) is 11.6 Å². The van der Waals surface area contributed by atoms with E-state index in [4.69, 9.17) is 11.6 Å². The van der Waals surface area contributed by atoms with Gasteiger partial charge < -0.3 is 10.2 Å². The second-order valence-electron chi connectivity index (χ2n) is 5.97. The Morgan fingerprint density at radius 2 is 1.88 bits per heavy atom. The predicted octanol–water partition coefficient (Wildman–Crippen LogP) is 0.789. The molecule has 0 aliphatic carbocycles. The largest absolute Gasteiger partial charge is 0.336 e. The molecule has 25 heavy (non-hydrogen) atoms. The molecule has 134 valence electrons. The lowest BCUT2D eigenvalue weighted by molar-refractivity contribution is -0.129. The zero-order valence-electron chi connectivity index (χ0n) is 13.5. The SMILES string of the molecule is O=C(c1cc(Cl)ccc1F)N1CCN(CC(=O)N2CCNC2=O)CC1. The minimum atomic E-state index is -0.605. The molecule has 2 aliphatic rings. The third kappa shape index (κ3) is 3.91. The number of halogens is 2. The number of nitrogens with one attached hydrogen (secondary N) is 1. The van der Waals surface area contributed by atoms with Crippen LogP contribution in [0.15, 0.2) is 18.2 Å². The highest BCUT2D eigenvalue weighted by Crippen LogP contribution is 2.17. The van der Waals surface area contributed by atoms with Crippen molar-refractivity contribution in [2.75, 3.05) is 45.8 Å². The highest BCUT2D eigenvalue weighted by molar-refractivity contribution is 6.31. The van der Waals surface area contributed by atoms with Crippen LogP contribution in [0.2, 0.25) is 5.02 Å². The van der Waals surface area contributed by atoms with Gasteiger partial charge in [-0.2, -0.15) is 0 Å². The van der Waals surface area contributed by atoms with Gasteiger partial charge in [-0.3, -0.25) is 19.4 Å². The molecule has 0 saturated carbocycles.